The molecule has 2 amide bonds. The van der Waals surface area contributed by atoms with Crippen LogP contribution in [0.25, 0.3) is 0 Å². The van der Waals surface area contributed by atoms with Gasteiger partial charge in [-0.2, -0.15) is 0 Å². The third-order valence-corrected chi connectivity index (χ3v) is 6.56. The number of thiazole rings is 1. The Morgan fingerprint density at radius 2 is 2.00 bits per heavy atom. The molecule has 8 N–H and O–H groups in total. The summed E-state index contributed by atoms with van der Waals surface area (Å²) in [5.74, 6) is -0.931. The number of ketones is 1. The Morgan fingerprint density at radius 3 is 2.66 bits per heavy atom. The fraction of sp³-hybridized carbons (Fsp3) is 0.435. The van der Waals surface area contributed by atoms with E-state index in [-0.39, 0.29) is 29.8 Å². The predicted molar refractivity (Wildman–Crippen MR) is 133 cm³/mol. The maximum absolute atomic E-state index is 13.2. The van der Waals surface area contributed by atoms with Crippen LogP contribution in [-0.4, -0.2) is 69.8 Å². The minimum atomic E-state index is -0.833. The maximum atomic E-state index is 13.2. The van der Waals surface area contributed by atoms with E-state index in [4.69, 9.17) is 17.2 Å². The summed E-state index contributed by atoms with van der Waals surface area (Å²) in [4.78, 5) is 48.7. The van der Waals surface area contributed by atoms with Gasteiger partial charge in [-0.1, -0.05) is 12.1 Å². The van der Waals surface area contributed by atoms with E-state index in [2.05, 4.69) is 15.3 Å². The SMILES string of the molecule is NC(N)=NCCCC(NC(=O)[C@@H]1CCCN1C(=O)[C@H](N)Cc1ccc(O)cc1)C(=O)c1nccs1. The van der Waals surface area contributed by atoms with Crippen molar-refractivity contribution in [1.29, 1.82) is 0 Å². The van der Waals surface area contributed by atoms with Gasteiger partial charge in [0.15, 0.2) is 11.0 Å². The Morgan fingerprint density at radius 1 is 1.26 bits per heavy atom. The van der Waals surface area contributed by atoms with Gasteiger partial charge in [-0.25, -0.2) is 4.98 Å². The second-order valence-corrected chi connectivity index (χ2v) is 9.27. The number of rotatable bonds is 11. The van der Waals surface area contributed by atoms with E-state index in [0.717, 1.165) is 5.56 Å². The Balaban J connectivity index is 1.65. The van der Waals surface area contributed by atoms with Gasteiger partial charge in [-0.05, 0) is 49.8 Å². The third-order valence-electron chi connectivity index (χ3n) is 5.77. The molecule has 2 aromatic rings. The molecule has 11 nitrogen and oxygen atoms in total. The number of nitrogens with two attached hydrogens (primary N) is 3. The van der Waals surface area contributed by atoms with Crippen molar-refractivity contribution < 1.29 is 19.5 Å². The van der Waals surface area contributed by atoms with Crippen LogP contribution in [0.1, 0.15) is 41.0 Å². The molecule has 0 aliphatic carbocycles. The number of carbonyl (C=O) groups excluding carboxylic acids is 3. The van der Waals surface area contributed by atoms with Crippen LogP contribution in [0.5, 0.6) is 5.75 Å². The van der Waals surface area contributed by atoms with Gasteiger partial charge in [0.1, 0.15) is 11.8 Å². The average Bonchev–Trinajstić information content (AvgIpc) is 3.54. The number of guanidine groups is 1. The fourth-order valence-corrected chi connectivity index (χ4v) is 4.65. The van der Waals surface area contributed by atoms with Crippen molar-refractivity contribution in [1.82, 2.24) is 15.2 Å². The molecule has 3 rings (SSSR count). The second kappa shape index (κ2) is 12.3. The molecule has 1 aliphatic heterocycles. The number of Topliss-reactive ketones (excluding diaryl/α,β-unsaturated/α-hetero) is 1. The minimum absolute atomic E-state index is 0.0411. The van der Waals surface area contributed by atoms with Gasteiger partial charge in [0.25, 0.3) is 0 Å². The van der Waals surface area contributed by atoms with Gasteiger partial charge in [0.05, 0.1) is 12.1 Å². The van der Waals surface area contributed by atoms with Gasteiger partial charge in [0.2, 0.25) is 17.6 Å². The normalized spacial score (nSPS) is 16.9. The van der Waals surface area contributed by atoms with Crippen LogP contribution in [0.4, 0.5) is 0 Å². The lowest BCUT2D eigenvalue weighted by atomic mass is 10.0. The number of carbonyl (C=O) groups is 3. The van der Waals surface area contributed by atoms with E-state index in [1.54, 1.807) is 17.5 Å². The predicted octanol–water partition coefficient (Wildman–Crippen LogP) is 0.131. The van der Waals surface area contributed by atoms with Crippen molar-refractivity contribution in [2.75, 3.05) is 13.1 Å². The molecule has 12 heteroatoms. The molecule has 1 saturated heterocycles. The molecule has 0 bridgehead atoms. The summed E-state index contributed by atoms with van der Waals surface area (Å²) in [6.07, 6.45) is 3.75. The van der Waals surface area contributed by atoms with Crippen molar-refractivity contribution >= 4 is 34.9 Å². The molecule has 1 unspecified atom stereocenters. The highest BCUT2D eigenvalue weighted by molar-refractivity contribution is 7.11. The highest BCUT2D eigenvalue weighted by Crippen LogP contribution is 2.21. The summed E-state index contributed by atoms with van der Waals surface area (Å²) in [6, 6.07) is 4.11. The molecule has 1 fully saturated rings. The largest absolute Gasteiger partial charge is 0.508 e. The Labute approximate surface area is 207 Å². The third kappa shape index (κ3) is 7.23. The standard InChI is InChI=1S/C23H31N7O4S/c24-16(13-14-5-7-15(31)8-6-14)22(34)30-11-2-4-18(30)20(33)29-17(3-1-9-28-23(25)26)19(32)21-27-10-12-35-21/h5-8,10,12,16-18,31H,1-4,9,11,13,24H2,(H,29,33)(H4,25,26,28)/t16-,17?,18+/m1/s1. The number of aliphatic imine (C=N–C) groups is 1. The van der Waals surface area contributed by atoms with Gasteiger partial charge < -0.3 is 32.5 Å². The quantitative estimate of drug-likeness (QED) is 0.124. The molecular formula is C23H31N7O4S. The first-order valence-electron chi connectivity index (χ1n) is 11.4. The van der Waals surface area contributed by atoms with Crippen LogP contribution >= 0.6 is 11.3 Å². The maximum Gasteiger partial charge on any atom is 0.243 e. The molecule has 188 valence electrons. The molecule has 0 spiro atoms. The summed E-state index contributed by atoms with van der Waals surface area (Å²) >= 11 is 1.20. The number of hydrogen-bond acceptors (Lipinski definition) is 8. The molecule has 0 saturated carbocycles. The molecular weight excluding hydrogens is 470 g/mol. The van der Waals surface area contributed by atoms with Crippen LogP contribution in [0.15, 0.2) is 40.8 Å². The second-order valence-electron chi connectivity index (χ2n) is 8.38. The average molecular weight is 502 g/mol. The smallest absolute Gasteiger partial charge is 0.243 e. The number of nitrogens with zero attached hydrogens (tertiary/aromatic N) is 3. The Hall–Kier alpha value is -3.51. The lowest BCUT2D eigenvalue weighted by molar-refractivity contribution is -0.139. The summed E-state index contributed by atoms with van der Waals surface area (Å²) in [6.45, 7) is 0.732. The van der Waals surface area contributed by atoms with E-state index >= 15 is 0 Å². The van der Waals surface area contributed by atoms with Crippen LogP contribution in [0.3, 0.4) is 0 Å². The number of phenolic OH excluding ortho intramolecular Hbond substituents is 1. The van der Waals surface area contributed by atoms with Crippen LogP contribution in [0, 0.1) is 0 Å². The summed E-state index contributed by atoms with van der Waals surface area (Å²) in [5, 5.41) is 14.2. The fourth-order valence-electron chi connectivity index (χ4n) is 4.02. The number of hydrogen-bond donors (Lipinski definition) is 5. The zero-order valence-electron chi connectivity index (χ0n) is 19.3. The van der Waals surface area contributed by atoms with Crippen molar-refractivity contribution in [2.45, 2.75) is 50.2 Å². The first-order valence-corrected chi connectivity index (χ1v) is 12.3. The van der Waals surface area contributed by atoms with E-state index in [1.807, 2.05) is 0 Å². The molecule has 3 atom stereocenters. The Kier molecular flexibility index (Phi) is 9.15. The topological polar surface area (TPSA) is 190 Å². The molecule has 1 aliphatic rings. The summed E-state index contributed by atoms with van der Waals surface area (Å²) < 4.78 is 0. The van der Waals surface area contributed by atoms with Gasteiger partial charge in [-0.3, -0.25) is 19.4 Å². The first kappa shape index (κ1) is 26.1. The molecule has 35 heavy (non-hydrogen) atoms. The number of phenols is 1. The van der Waals surface area contributed by atoms with Crippen LogP contribution < -0.4 is 22.5 Å². The van der Waals surface area contributed by atoms with Gasteiger partial charge in [0, 0.05) is 24.7 Å². The number of amides is 2. The van der Waals surface area contributed by atoms with E-state index in [1.165, 1.54) is 34.6 Å². The summed E-state index contributed by atoms with van der Waals surface area (Å²) in [7, 11) is 0. The van der Waals surface area contributed by atoms with Crippen LogP contribution in [0.2, 0.25) is 0 Å². The molecule has 0 radical (unpaired) electrons. The highest BCUT2D eigenvalue weighted by atomic mass is 32.1. The molecule has 2 heterocycles. The molecule has 1 aromatic heterocycles. The monoisotopic (exact) mass is 501 g/mol. The van der Waals surface area contributed by atoms with Crippen molar-refractivity contribution in [2.24, 2.45) is 22.2 Å². The van der Waals surface area contributed by atoms with Crippen molar-refractivity contribution in [3.05, 3.63) is 46.4 Å². The minimum Gasteiger partial charge on any atom is -0.508 e. The zero-order valence-corrected chi connectivity index (χ0v) is 20.1. The van der Waals surface area contributed by atoms with Crippen molar-refractivity contribution in [3.63, 3.8) is 0 Å². The lowest BCUT2D eigenvalue weighted by Gasteiger charge is -2.28. The highest BCUT2D eigenvalue weighted by Gasteiger charge is 2.37. The first-order chi connectivity index (χ1) is 16.8. The van der Waals surface area contributed by atoms with Crippen LogP contribution in [-0.2, 0) is 16.0 Å². The van der Waals surface area contributed by atoms with E-state index in [9.17, 15) is 19.5 Å². The number of nitrogens with one attached hydrogen (secondary N) is 1. The van der Waals surface area contributed by atoms with E-state index in [0.29, 0.717) is 43.8 Å². The zero-order chi connectivity index (χ0) is 25.4. The number of likely N-dealkylation sites (tertiary alicyclic amines) is 1. The van der Waals surface area contributed by atoms with Gasteiger partial charge in [-0.15, -0.1) is 11.3 Å². The summed E-state index contributed by atoms with van der Waals surface area (Å²) in [5.41, 5.74) is 17.7. The Bertz CT molecular complexity index is 1040. The molecule has 1 aromatic carbocycles. The van der Waals surface area contributed by atoms with E-state index < -0.39 is 24.0 Å². The number of aromatic hydroxyl groups is 1. The van der Waals surface area contributed by atoms with Crippen molar-refractivity contribution in [3.8, 4) is 5.75 Å². The number of benzene rings is 1. The lowest BCUT2D eigenvalue weighted by Crippen LogP contribution is -2.54. The number of aromatic nitrogens is 1. The van der Waals surface area contributed by atoms with Gasteiger partial charge >= 0.3 is 0 Å².